The molecule has 2 aromatic rings. The van der Waals surface area contributed by atoms with Gasteiger partial charge in [-0.15, -0.1) is 12.4 Å². The quantitative estimate of drug-likeness (QED) is 0.906. The summed E-state index contributed by atoms with van der Waals surface area (Å²) in [5.41, 5.74) is 8.28. The third kappa shape index (κ3) is 4.19. The summed E-state index contributed by atoms with van der Waals surface area (Å²) in [6.07, 6.45) is 1.61. The molecule has 0 saturated carbocycles. The van der Waals surface area contributed by atoms with E-state index in [9.17, 15) is 9.59 Å². The summed E-state index contributed by atoms with van der Waals surface area (Å²) in [6.45, 7) is 4.39. The van der Waals surface area contributed by atoms with Crippen molar-refractivity contribution in [1.82, 2.24) is 4.57 Å². The van der Waals surface area contributed by atoms with Crippen LogP contribution >= 0.6 is 12.4 Å². The van der Waals surface area contributed by atoms with Gasteiger partial charge in [0.2, 0.25) is 5.91 Å². The highest BCUT2D eigenvalue weighted by molar-refractivity contribution is 5.95. The second-order valence-electron chi connectivity index (χ2n) is 4.92. The van der Waals surface area contributed by atoms with Gasteiger partial charge >= 0.3 is 0 Å². The molecule has 1 unspecified atom stereocenters. The molecule has 1 atom stereocenters. The standard InChI is InChI=1S/C16H19N3O2.ClH/c1-3-19-10-13(8-9-14(19)20)18-16(21)15(17)12-6-4-11(2)5-7-12;/h4-10,15H,3,17H2,1-2H3,(H,18,21);1H. The van der Waals surface area contributed by atoms with Crippen molar-refractivity contribution in [3.63, 3.8) is 0 Å². The van der Waals surface area contributed by atoms with E-state index in [-0.39, 0.29) is 23.9 Å². The predicted molar refractivity (Wildman–Crippen MR) is 90.4 cm³/mol. The topological polar surface area (TPSA) is 77.1 Å². The number of carbonyl (C=O) groups is 1. The first-order chi connectivity index (χ1) is 10.0. The normalized spacial score (nSPS) is 11.4. The molecule has 1 aromatic carbocycles. The number of aryl methyl sites for hydroxylation is 2. The van der Waals surface area contributed by atoms with Gasteiger partial charge in [-0.1, -0.05) is 29.8 Å². The van der Waals surface area contributed by atoms with Gasteiger partial charge in [-0.2, -0.15) is 0 Å². The number of benzene rings is 1. The largest absolute Gasteiger partial charge is 0.323 e. The molecule has 2 rings (SSSR count). The number of carbonyl (C=O) groups excluding carboxylic acids is 1. The van der Waals surface area contributed by atoms with Gasteiger partial charge in [0.15, 0.2) is 0 Å². The van der Waals surface area contributed by atoms with E-state index in [0.717, 1.165) is 11.1 Å². The van der Waals surface area contributed by atoms with Gasteiger partial charge in [0, 0.05) is 18.8 Å². The Labute approximate surface area is 135 Å². The number of amides is 1. The van der Waals surface area contributed by atoms with Gasteiger partial charge in [0.25, 0.3) is 5.56 Å². The van der Waals surface area contributed by atoms with E-state index >= 15 is 0 Å². The molecule has 3 N–H and O–H groups in total. The van der Waals surface area contributed by atoms with E-state index < -0.39 is 6.04 Å². The summed E-state index contributed by atoms with van der Waals surface area (Å²) >= 11 is 0. The van der Waals surface area contributed by atoms with Crippen molar-refractivity contribution in [1.29, 1.82) is 0 Å². The molecule has 0 radical (unpaired) electrons. The number of aromatic nitrogens is 1. The highest BCUT2D eigenvalue weighted by Gasteiger charge is 2.15. The molecule has 0 aliphatic carbocycles. The molecular formula is C16H20ClN3O2. The monoisotopic (exact) mass is 321 g/mol. The summed E-state index contributed by atoms with van der Waals surface area (Å²) in [6, 6.07) is 9.77. The van der Waals surface area contributed by atoms with Crippen LogP contribution in [0.25, 0.3) is 0 Å². The van der Waals surface area contributed by atoms with Crippen LogP contribution in [0.1, 0.15) is 24.1 Å². The number of halogens is 1. The molecular weight excluding hydrogens is 302 g/mol. The lowest BCUT2D eigenvalue weighted by Gasteiger charge is -2.13. The van der Waals surface area contributed by atoms with E-state index in [1.54, 1.807) is 12.3 Å². The Morgan fingerprint density at radius 2 is 1.86 bits per heavy atom. The molecule has 118 valence electrons. The maximum Gasteiger partial charge on any atom is 0.250 e. The minimum atomic E-state index is -0.743. The number of pyridine rings is 1. The van der Waals surface area contributed by atoms with Crippen molar-refractivity contribution >= 4 is 24.0 Å². The van der Waals surface area contributed by atoms with Crippen LogP contribution in [0.2, 0.25) is 0 Å². The second-order valence-corrected chi connectivity index (χ2v) is 4.92. The molecule has 1 aromatic heterocycles. The zero-order valence-electron chi connectivity index (χ0n) is 12.6. The van der Waals surface area contributed by atoms with Crippen LogP contribution < -0.4 is 16.6 Å². The van der Waals surface area contributed by atoms with E-state index in [1.165, 1.54) is 10.6 Å². The van der Waals surface area contributed by atoms with Crippen molar-refractivity contribution in [2.45, 2.75) is 26.4 Å². The lowest BCUT2D eigenvalue weighted by atomic mass is 10.1. The van der Waals surface area contributed by atoms with Gasteiger partial charge in [-0.25, -0.2) is 0 Å². The summed E-state index contributed by atoms with van der Waals surface area (Å²) in [5, 5.41) is 2.73. The second kappa shape index (κ2) is 7.77. The molecule has 22 heavy (non-hydrogen) atoms. The zero-order chi connectivity index (χ0) is 15.4. The number of nitrogens with one attached hydrogen (secondary N) is 1. The Balaban J connectivity index is 0.00000242. The van der Waals surface area contributed by atoms with Crippen LogP contribution in [-0.2, 0) is 11.3 Å². The lowest BCUT2D eigenvalue weighted by Crippen LogP contribution is -2.28. The summed E-state index contributed by atoms with van der Waals surface area (Å²) < 4.78 is 1.52. The maximum atomic E-state index is 12.2. The molecule has 0 aliphatic rings. The number of rotatable bonds is 4. The first-order valence-corrected chi connectivity index (χ1v) is 6.84. The van der Waals surface area contributed by atoms with E-state index in [2.05, 4.69) is 5.32 Å². The average Bonchev–Trinajstić information content (AvgIpc) is 2.49. The van der Waals surface area contributed by atoms with E-state index in [0.29, 0.717) is 12.2 Å². The lowest BCUT2D eigenvalue weighted by molar-refractivity contribution is -0.117. The number of anilines is 1. The van der Waals surface area contributed by atoms with Crippen molar-refractivity contribution in [3.8, 4) is 0 Å². The smallest absolute Gasteiger partial charge is 0.250 e. The number of nitrogens with zero attached hydrogens (tertiary/aromatic N) is 1. The van der Waals surface area contributed by atoms with Crippen molar-refractivity contribution in [2.75, 3.05) is 5.32 Å². The molecule has 0 aliphatic heterocycles. The fraction of sp³-hybridized carbons (Fsp3) is 0.250. The van der Waals surface area contributed by atoms with Crippen molar-refractivity contribution in [2.24, 2.45) is 5.73 Å². The van der Waals surface area contributed by atoms with E-state index in [4.69, 9.17) is 5.73 Å². The first-order valence-electron chi connectivity index (χ1n) is 6.84. The minimum Gasteiger partial charge on any atom is -0.323 e. The fourth-order valence-electron chi connectivity index (χ4n) is 2.00. The van der Waals surface area contributed by atoms with Crippen molar-refractivity contribution < 1.29 is 4.79 Å². The summed E-state index contributed by atoms with van der Waals surface area (Å²) in [5.74, 6) is -0.305. The van der Waals surface area contributed by atoms with Gasteiger partial charge in [0.1, 0.15) is 6.04 Å². The molecule has 0 bridgehead atoms. The first kappa shape index (κ1) is 17.9. The molecule has 6 heteroatoms. The van der Waals surface area contributed by atoms with Gasteiger partial charge in [-0.3, -0.25) is 9.59 Å². The van der Waals surface area contributed by atoms with Crippen LogP contribution in [0, 0.1) is 6.92 Å². The van der Waals surface area contributed by atoms with Crippen LogP contribution in [0.4, 0.5) is 5.69 Å². The number of nitrogens with two attached hydrogens (primary N) is 1. The Hall–Kier alpha value is -2.11. The van der Waals surface area contributed by atoms with Gasteiger partial charge in [0.05, 0.1) is 5.69 Å². The summed E-state index contributed by atoms with van der Waals surface area (Å²) in [4.78, 5) is 23.7. The molecule has 5 nitrogen and oxygen atoms in total. The maximum absolute atomic E-state index is 12.2. The summed E-state index contributed by atoms with van der Waals surface area (Å²) in [7, 11) is 0. The average molecular weight is 322 g/mol. The molecule has 0 spiro atoms. The molecule has 1 amide bonds. The predicted octanol–water partition coefficient (Wildman–Crippen LogP) is 2.24. The van der Waals surface area contributed by atoms with Crippen LogP contribution in [0.15, 0.2) is 47.4 Å². The van der Waals surface area contributed by atoms with Crippen LogP contribution in [0.3, 0.4) is 0 Å². The Morgan fingerprint density at radius 1 is 1.23 bits per heavy atom. The van der Waals surface area contributed by atoms with Gasteiger partial charge in [-0.05, 0) is 25.5 Å². The van der Waals surface area contributed by atoms with Crippen molar-refractivity contribution in [3.05, 3.63) is 64.1 Å². The zero-order valence-corrected chi connectivity index (χ0v) is 13.4. The Kier molecular flexibility index (Phi) is 6.34. The Bertz CT molecular complexity index is 695. The molecule has 0 fully saturated rings. The minimum absolute atomic E-state index is 0. The fourth-order valence-corrected chi connectivity index (χ4v) is 2.00. The number of hydrogen-bond acceptors (Lipinski definition) is 3. The Morgan fingerprint density at radius 3 is 2.45 bits per heavy atom. The third-order valence-electron chi connectivity index (χ3n) is 3.31. The van der Waals surface area contributed by atoms with Gasteiger partial charge < -0.3 is 15.6 Å². The van der Waals surface area contributed by atoms with Crippen LogP contribution in [0.5, 0.6) is 0 Å². The van der Waals surface area contributed by atoms with E-state index in [1.807, 2.05) is 38.1 Å². The molecule has 1 heterocycles. The SMILES string of the molecule is CCn1cc(NC(=O)C(N)c2ccc(C)cc2)ccc1=O.Cl. The molecule has 0 saturated heterocycles. The number of hydrogen-bond donors (Lipinski definition) is 2. The highest BCUT2D eigenvalue weighted by Crippen LogP contribution is 2.14. The highest BCUT2D eigenvalue weighted by atomic mass is 35.5. The van der Waals surface area contributed by atoms with Crippen LogP contribution in [-0.4, -0.2) is 10.5 Å². The third-order valence-corrected chi connectivity index (χ3v) is 3.31.